The molecule has 2 amide bonds. The van der Waals surface area contributed by atoms with Crippen molar-refractivity contribution in [3.8, 4) is 0 Å². The summed E-state index contributed by atoms with van der Waals surface area (Å²) in [7, 11) is 0. The molecule has 3 N–H and O–H groups in total. The van der Waals surface area contributed by atoms with Crippen molar-refractivity contribution in [2.45, 2.75) is 33.2 Å². The maximum atomic E-state index is 12.6. The third-order valence-corrected chi connectivity index (χ3v) is 4.96. The first kappa shape index (κ1) is 18.4. The van der Waals surface area contributed by atoms with Crippen LogP contribution in [0.2, 0.25) is 0 Å². The Morgan fingerprint density at radius 3 is 2.67 bits per heavy atom. The number of aromatic amines is 1. The number of aryl methyl sites for hydroxylation is 1. The minimum Gasteiger partial charge on any atom is -0.340 e. The molecule has 0 spiro atoms. The van der Waals surface area contributed by atoms with Crippen LogP contribution in [0.4, 0.5) is 5.82 Å². The number of hydrogen-bond donors (Lipinski definition) is 3. The van der Waals surface area contributed by atoms with Gasteiger partial charge in [0.2, 0.25) is 5.91 Å². The number of aromatic nitrogens is 2. The number of benzene rings is 1. The second-order valence-electron chi connectivity index (χ2n) is 6.05. The molecule has 6 nitrogen and oxygen atoms in total. The lowest BCUT2D eigenvalue weighted by molar-refractivity contribution is -0.118. The Balaban J connectivity index is 2.14. The van der Waals surface area contributed by atoms with Crippen molar-refractivity contribution in [3.63, 3.8) is 0 Å². The first-order valence-electron chi connectivity index (χ1n) is 7.74. The van der Waals surface area contributed by atoms with Gasteiger partial charge in [-0.05, 0) is 53.5 Å². The van der Waals surface area contributed by atoms with E-state index in [1.807, 2.05) is 32.9 Å². The molecule has 0 aliphatic rings. The number of nitrogens with zero attached hydrogens (tertiary/aromatic N) is 1. The van der Waals surface area contributed by atoms with Crippen LogP contribution in [0.1, 0.15) is 36.2 Å². The van der Waals surface area contributed by atoms with E-state index in [2.05, 4.69) is 43.4 Å². The smallest absolute Gasteiger partial charge is 0.253 e. The van der Waals surface area contributed by atoms with Crippen LogP contribution in [0.3, 0.4) is 0 Å². The maximum absolute atomic E-state index is 12.6. The Morgan fingerprint density at radius 2 is 2.04 bits per heavy atom. The second kappa shape index (κ2) is 8.27. The van der Waals surface area contributed by atoms with Gasteiger partial charge in [-0.2, -0.15) is 5.10 Å². The third kappa shape index (κ3) is 4.80. The SMILES string of the molecule is Cc1cccc(C(=O)NC(CC(C)C)C(=O)Nc2ccn[nH]2)c1I. The van der Waals surface area contributed by atoms with Gasteiger partial charge in [-0.25, -0.2) is 0 Å². The van der Waals surface area contributed by atoms with Crippen LogP contribution in [0.15, 0.2) is 30.5 Å². The van der Waals surface area contributed by atoms with Crippen molar-refractivity contribution < 1.29 is 9.59 Å². The van der Waals surface area contributed by atoms with Crippen molar-refractivity contribution in [3.05, 3.63) is 45.2 Å². The van der Waals surface area contributed by atoms with Crippen LogP contribution in [0.25, 0.3) is 0 Å². The molecular weight excluding hydrogens is 419 g/mol. The number of carbonyl (C=O) groups is 2. The molecule has 0 aliphatic carbocycles. The van der Waals surface area contributed by atoms with Crippen LogP contribution in [0.5, 0.6) is 0 Å². The fourth-order valence-electron chi connectivity index (χ4n) is 2.31. The van der Waals surface area contributed by atoms with E-state index in [-0.39, 0.29) is 17.7 Å². The van der Waals surface area contributed by atoms with Crippen molar-refractivity contribution >= 4 is 40.2 Å². The highest BCUT2D eigenvalue weighted by Crippen LogP contribution is 2.17. The van der Waals surface area contributed by atoms with Crippen LogP contribution >= 0.6 is 22.6 Å². The zero-order valence-corrected chi connectivity index (χ0v) is 16.0. The monoisotopic (exact) mass is 440 g/mol. The van der Waals surface area contributed by atoms with Crippen LogP contribution in [0, 0.1) is 16.4 Å². The normalized spacial score (nSPS) is 12.0. The molecule has 1 atom stereocenters. The Labute approximate surface area is 154 Å². The molecule has 0 bridgehead atoms. The molecular formula is C17H21IN4O2. The molecule has 1 heterocycles. The summed E-state index contributed by atoms with van der Waals surface area (Å²) >= 11 is 2.15. The lowest BCUT2D eigenvalue weighted by Crippen LogP contribution is -2.44. The molecule has 0 saturated carbocycles. The van der Waals surface area contributed by atoms with Crippen molar-refractivity contribution in [2.75, 3.05) is 5.32 Å². The zero-order valence-electron chi connectivity index (χ0n) is 13.9. The van der Waals surface area contributed by atoms with Crippen molar-refractivity contribution in [1.29, 1.82) is 0 Å². The molecule has 24 heavy (non-hydrogen) atoms. The number of anilines is 1. The zero-order chi connectivity index (χ0) is 17.7. The van der Waals surface area contributed by atoms with E-state index < -0.39 is 6.04 Å². The highest BCUT2D eigenvalue weighted by atomic mass is 127. The fraction of sp³-hybridized carbons (Fsp3) is 0.353. The second-order valence-corrected chi connectivity index (χ2v) is 7.13. The topological polar surface area (TPSA) is 86.9 Å². The van der Waals surface area contributed by atoms with Crippen LogP contribution in [-0.4, -0.2) is 28.1 Å². The van der Waals surface area contributed by atoms with Gasteiger partial charge in [0.1, 0.15) is 11.9 Å². The summed E-state index contributed by atoms with van der Waals surface area (Å²) in [5.74, 6) is 0.269. The van der Waals surface area contributed by atoms with Crippen molar-refractivity contribution in [1.82, 2.24) is 15.5 Å². The Morgan fingerprint density at radius 1 is 1.29 bits per heavy atom. The Hall–Kier alpha value is -1.90. The lowest BCUT2D eigenvalue weighted by Gasteiger charge is -2.20. The lowest BCUT2D eigenvalue weighted by atomic mass is 10.0. The number of H-pyrrole nitrogens is 1. The summed E-state index contributed by atoms with van der Waals surface area (Å²) in [6.07, 6.45) is 2.11. The number of amides is 2. The first-order chi connectivity index (χ1) is 11.4. The predicted octanol–water partition coefficient (Wildman–Crippen LogP) is 3.11. The van der Waals surface area contributed by atoms with Gasteiger partial charge in [0.25, 0.3) is 5.91 Å². The summed E-state index contributed by atoms with van der Waals surface area (Å²) < 4.78 is 0.893. The predicted molar refractivity (Wildman–Crippen MR) is 102 cm³/mol. The van der Waals surface area contributed by atoms with E-state index in [1.165, 1.54) is 0 Å². The number of rotatable bonds is 6. The molecule has 2 rings (SSSR count). The summed E-state index contributed by atoms with van der Waals surface area (Å²) in [6.45, 7) is 5.98. The largest absolute Gasteiger partial charge is 0.340 e. The minimum atomic E-state index is -0.614. The average Bonchev–Trinajstić information content (AvgIpc) is 3.01. The van der Waals surface area contributed by atoms with Crippen molar-refractivity contribution in [2.24, 2.45) is 5.92 Å². The summed E-state index contributed by atoms with van der Waals surface area (Å²) in [5, 5.41) is 12.1. The average molecular weight is 440 g/mol. The van der Waals surface area contributed by atoms with E-state index in [4.69, 9.17) is 0 Å². The molecule has 1 unspecified atom stereocenters. The first-order valence-corrected chi connectivity index (χ1v) is 8.82. The van der Waals surface area contributed by atoms with Gasteiger partial charge in [-0.3, -0.25) is 14.7 Å². The standard InChI is InChI=1S/C17H21IN4O2/c1-10(2)9-13(17(24)21-14-7-8-19-22-14)20-16(23)12-6-4-5-11(3)15(12)18/h4-8,10,13H,9H2,1-3H3,(H,20,23)(H2,19,21,22,24). The number of carbonyl (C=O) groups excluding carboxylic acids is 2. The van der Waals surface area contributed by atoms with Gasteiger partial charge >= 0.3 is 0 Å². The number of nitrogens with one attached hydrogen (secondary N) is 3. The van der Waals surface area contributed by atoms with E-state index in [1.54, 1.807) is 18.3 Å². The molecule has 0 saturated heterocycles. The van der Waals surface area contributed by atoms with E-state index >= 15 is 0 Å². The molecule has 1 aromatic heterocycles. The number of halogens is 1. The quantitative estimate of drug-likeness (QED) is 0.604. The van der Waals surface area contributed by atoms with Gasteiger partial charge in [-0.15, -0.1) is 0 Å². The molecule has 128 valence electrons. The van der Waals surface area contributed by atoms with Gasteiger partial charge in [0.05, 0.1) is 11.8 Å². The maximum Gasteiger partial charge on any atom is 0.253 e. The van der Waals surface area contributed by atoms with E-state index in [9.17, 15) is 9.59 Å². The molecule has 0 fully saturated rings. The number of hydrogen-bond acceptors (Lipinski definition) is 3. The Bertz CT molecular complexity index is 713. The van der Waals surface area contributed by atoms with Crippen LogP contribution < -0.4 is 10.6 Å². The van der Waals surface area contributed by atoms with Gasteiger partial charge in [0, 0.05) is 9.64 Å². The minimum absolute atomic E-state index is 0.242. The molecule has 1 aromatic carbocycles. The molecule has 7 heteroatoms. The third-order valence-electron chi connectivity index (χ3n) is 3.52. The van der Waals surface area contributed by atoms with Gasteiger partial charge < -0.3 is 10.6 Å². The highest BCUT2D eigenvalue weighted by Gasteiger charge is 2.24. The van der Waals surface area contributed by atoms with E-state index in [0.29, 0.717) is 17.8 Å². The molecule has 0 radical (unpaired) electrons. The summed E-state index contributed by atoms with van der Waals surface area (Å²) in [5.41, 5.74) is 1.62. The Kier molecular flexibility index (Phi) is 6.36. The highest BCUT2D eigenvalue weighted by molar-refractivity contribution is 14.1. The fourth-order valence-corrected chi connectivity index (χ4v) is 2.91. The molecule has 0 aliphatic heterocycles. The molecule has 2 aromatic rings. The van der Waals surface area contributed by atoms with E-state index in [0.717, 1.165) is 9.13 Å². The van der Waals surface area contributed by atoms with Crippen LogP contribution in [-0.2, 0) is 4.79 Å². The van der Waals surface area contributed by atoms with Gasteiger partial charge in [0.15, 0.2) is 0 Å². The van der Waals surface area contributed by atoms with Gasteiger partial charge in [-0.1, -0.05) is 26.0 Å². The summed E-state index contributed by atoms with van der Waals surface area (Å²) in [6, 6.07) is 6.61. The summed E-state index contributed by atoms with van der Waals surface area (Å²) in [4.78, 5) is 25.1.